The molecule has 6 heteroatoms. The third-order valence-electron chi connectivity index (χ3n) is 5.75. The molecule has 1 aliphatic heterocycles. The molecule has 0 aromatic heterocycles. The Morgan fingerprint density at radius 1 is 1.12 bits per heavy atom. The van der Waals surface area contributed by atoms with Crippen LogP contribution in [0, 0.1) is 25.7 Å². The molecule has 1 aromatic rings. The monoisotopic (exact) mass is 350 g/mol. The molecule has 1 saturated carbocycles. The Bertz CT molecular complexity index is 758. The van der Waals surface area contributed by atoms with E-state index in [1.54, 1.807) is 13.0 Å². The predicted molar refractivity (Wildman–Crippen MR) is 93.3 cm³/mol. The number of hydrogen-bond acceptors (Lipinski definition) is 3. The number of carbonyl (C=O) groups is 1. The van der Waals surface area contributed by atoms with Crippen LogP contribution in [-0.4, -0.2) is 32.3 Å². The minimum atomic E-state index is -3.83. The summed E-state index contributed by atoms with van der Waals surface area (Å²) in [4.78, 5) is 14.9. The van der Waals surface area contributed by atoms with Crippen molar-refractivity contribution in [3.63, 3.8) is 0 Å². The molecule has 2 fully saturated rings. The van der Waals surface area contributed by atoms with Crippen LogP contribution < -0.4 is 5.14 Å². The standard InChI is InChI=1S/C18H26N2O3S/c1-12-9-16(10-17(13(12)2)24(19,22)23)18(21)20-8-7-14-5-3-4-6-15(14)11-20/h9-10,14-15H,3-8,11H2,1-2H3,(H2,19,22,23)/t14-,15-/m1/s1. The van der Waals surface area contributed by atoms with Gasteiger partial charge in [0.15, 0.2) is 0 Å². The van der Waals surface area contributed by atoms with Crippen molar-refractivity contribution in [3.8, 4) is 0 Å². The summed E-state index contributed by atoms with van der Waals surface area (Å²) in [5.41, 5.74) is 1.81. The number of fused-ring (bicyclic) bond motifs is 1. The van der Waals surface area contributed by atoms with Crippen LogP contribution in [0.3, 0.4) is 0 Å². The van der Waals surface area contributed by atoms with Gasteiger partial charge in [-0.1, -0.05) is 19.3 Å². The number of piperidine rings is 1. The van der Waals surface area contributed by atoms with Crippen molar-refractivity contribution in [1.82, 2.24) is 4.90 Å². The van der Waals surface area contributed by atoms with E-state index in [-0.39, 0.29) is 10.8 Å². The predicted octanol–water partition coefficient (Wildman–Crippen LogP) is 2.60. The topological polar surface area (TPSA) is 80.5 Å². The van der Waals surface area contributed by atoms with Gasteiger partial charge < -0.3 is 4.90 Å². The minimum absolute atomic E-state index is 0.0541. The second-order valence-corrected chi connectivity index (χ2v) is 8.84. The molecule has 1 heterocycles. The van der Waals surface area contributed by atoms with Gasteiger partial charge in [-0.15, -0.1) is 0 Å². The summed E-state index contributed by atoms with van der Waals surface area (Å²) in [6.07, 6.45) is 6.10. The SMILES string of the molecule is Cc1cc(C(=O)N2CC[C@H]3CCCC[C@@H]3C2)cc(S(N)(=O)=O)c1C. The van der Waals surface area contributed by atoms with Crippen LogP contribution in [0.2, 0.25) is 0 Å². The van der Waals surface area contributed by atoms with Gasteiger partial charge in [-0.2, -0.15) is 0 Å². The van der Waals surface area contributed by atoms with Crippen molar-refractivity contribution >= 4 is 15.9 Å². The van der Waals surface area contributed by atoms with Crippen molar-refractivity contribution < 1.29 is 13.2 Å². The fourth-order valence-corrected chi connectivity index (χ4v) is 5.09. The summed E-state index contributed by atoms with van der Waals surface area (Å²) in [6, 6.07) is 3.21. The summed E-state index contributed by atoms with van der Waals surface area (Å²) >= 11 is 0. The van der Waals surface area contributed by atoms with E-state index in [4.69, 9.17) is 5.14 Å². The zero-order chi connectivity index (χ0) is 17.5. The zero-order valence-electron chi connectivity index (χ0n) is 14.4. The van der Waals surface area contributed by atoms with Gasteiger partial charge in [0.05, 0.1) is 4.90 Å². The molecule has 0 spiro atoms. The molecule has 132 valence electrons. The van der Waals surface area contributed by atoms with Crippen LogP contribution >= 0.6 is 0 Å². The third kappa shape index (κ3) is 3.35. The molecule has 2 aliphatic rings. The lowest BCUT2D eigenvalue weighted by atomic mass is 9.75. The van der Waals surface area contributed by atoms with Gasteiger partial charge >= 0.3 is 0 Å². The largest absolute Gasteiger partial charge is 0.338 e. The lowest BCUT2D eigenvalue weighted by molar-refractivity contribution is 0.0520. The van der Waals surface area contributed by atoms with Crippen molar-refractivity contribution in [2.75, 3.05) is 13.1 Å². The molecular formula is C18H26N2O3S. The molecular weight excluding hydrogens is 324 g/mol. The number of carbonyl (C=O) groups excluding carboxylic acids is 1. The van der Waals surface area contributed by atoms with Crippen LogP contribution in [0.1, 0.15) is 53.6 Å². The molecule has 1 saturated heterocycles. The molecule has 1 amide bonds. The van der Waals surface area contributed by atoms with E-state index in [2.05, 4.69) is 0 Å². The van der Waals surface area contributed by atoms with E-state index >= 15 is 0 Å². The molecule has 24 heavy (non-hydrogen) atoms. The highest BCUT2D eigenvalue weighted by atomic mass is 32.2. The smallest absolute Gasteiger partial charge is 0.253 e. The number of hydrogen-bond donors (Lipinski definition) is 1. The maximum atomic E-state index is 12.9. The average Bonchev–Trinajstić information content (AvgIpc) is 2.55. The van der Waals surface area contributed by atoms with E-state index < -0.39 is 10.0 Å². The Kier molecular flexibility index (Phi) is 4.71. The molecule has 2 atom stereocenters. The zero-order valence-corrected chi connectivity index (χ0v) is 15.2. The number of nitrogens with zero attached hydrogens (tertiary/aromatic N) is 1. The first-order valence-corrected chi connectivity index (χ1v) is 10.3. The summed E-state index contributed by atoms with van der Waals surface area (Å²) < 4.78 is 23.6. The van der Waals surface area contributed by atoms with E-state index in [0.29, 0.717) is 17.0 Å². The van der Waals surface area contributed by atoms with E-state index in [0.717, 1.165) is 31.0 Å². The molecule has 1 aromatic carbocycles. The number of likely N-dealkylation sites (tertiary alicyclic amines) is 1. The highest BCUT2D eigenvalue weighted by Gasteiger charge is 2.33. The Labute approximate surface area is 144 Å². The Balaban J connectivity index is 1.86. The molecule has 0 bridgehead atoms. The van der Waals surface area contributed by atoms with Gasteiger partial charge in [0.25, 0.3) is 5.91 Å². The number of aryl methyl sites for hydroxylation is 1. The van der Waals surface area contributed by atoms with Gasteiger partial charge in [-0.25, -0.2) is 13.6 Å². The highest BCUT2D eigenvalue weighted by Crippen LogP contribution is 2.36. The van der Waals surface area contributed by atoms with Crippen molar-refractivity contribution in [2.24, 2.45) is 17.0 Å². The van der Waals surface area contributed by atoms with Crippen LogP contribution in [0.5, 0.6) is 0 Å². The first kappa shape index (κ1) is 17.4. The van der Waals surface area contributed by atoms with Gasteiger partial charge in [-0.05, 0) is 61.8 Å². The first-order valence-electron chi connectivity index (χ1n) is 8.70. The molecule has 3 rings (SSSR count). The maximum Gasteiger partial charge on any atom is 0.253 e. The second-order valence-electron chi connectivity index (χ2n) is 7.31. The molecule has 0 radical (unpaired) electrons. The first-order chi connectivity index (χ1) is 11.3. The quantitative estimate of drug-likeness (QED) is 0.890. The number of nitrogens with two attached hydrogens (primary N) is 1. The molecule has 1 aliphatic carbocycles. The van der Waals surface area contributed by atoms with Gasteiger partial charge in [-0.3, -0.25) is 4.79 Å². The average molecular weight is 350 g/mol. The Hall–Kier alpha value is -1.40. The van der Waals surface area contributed by atoms with Gasteiger partial charge in [0, 0.05) is 18.7 Å². The van der Waals surface area contributed by atoms with Crippen LogP contribution in [0.15, 0.2) is 17.0 Å². The van der Waals surface area contributed by atoms with Crippen LogP contribution in [-0.2, 0) is 10.0 Å². The molecule has 5 nitrogen and oxygen atoms in total. The fourth-order valence-electron chi connectivity index (χ4n) is 4.21. The normalized spacial score (nSPS) is 24.5. The number of benzene rings is 1. The molecule has 0 unspecified atom stereocenters. The van der Waals surface area contributed by atoms with Crippen molar-refractivity contribution in [3.05, 3.63) is 28.8 Å². The van der Waals surface area contributed by atoms with E-state index in [1.165, 1.54) is 31.7 Å². The van der Waals surface area contributed by atoms with Gasteiger partial charge in [0.2, 0.25) is 10.0 Å². The summed E-state index contributed by atoms with van der Waals surface area (Å²) in [5.74, 6) is 1.27. The van der Waals surface area contributed by atoms with E-state index in [1.807, 2.05) is 11.8 Å². The molecule has 2 N–H and O–H groups in total. The van der Waals surface area contributed by atoms with Gasteiger partial charge in [0.1, 0.15) is 0 Å². The Morgan fingerprint density at radius 3 is 2.46 bits per heavy atom. The number of primary sulfonamides is 1. The maximum absolute atomic E-state index is 12.9. The summed E-state index contributed by atoms with van der Waals surface area (Å²) in [6.45, 7) is 5.09. The van der Waals surface area contributed by atoms with E-state index in [9.17, 15) is 13.2 Å². The minimum Gasteiger partial charge on any atom is -0.338 e. The number of sulfonamides is 1. The summed E-state index contributed by atoms with van der Waals surface area (Å²) in [5, 5.41) is 5.31. The van der Waals surface area contributed by atoms with Crippen LogP contribution in [0.4, 0.5) is 0 Å². The van der Waals surface area contributed by atoms with Crippen LogP contribution in [0.25, 0.3) is 0 Å². The fraction of sp³-hybridized carbons (Fsp3) is 0.611. The third-order valence-corrected chi connectivity index (χ3v) is 6.79. The van der Waals surface area contributed by atoms with Crippen molar-refractivity contribution in [2.45, 2.75) is 50.8 Å². The lowest BCUT2D eigenvalue weighted by Gasteiger charge is -2.41. The number of amides is 1. The highest BCUT2D eigenvalue weighted by molar-refractivity contribution is 7.89. The number of rotatable bonds is 2. The summed E-state index contributed by atoms with van der Waals surface area (Å²) in [7, 11) is -3.83. The lowest BCUT2D eigenvalue weighted by Crippen LogP contribution is -2.44. The Morgan fingerprint density at radius 2 is 1.79 bits per heavy atom. The second kappa shape index (κ2) is 6.48. The van der Waals surface area contributed by atoms with Crippen molar-refractivity contribution in [1.29, 1.82) is 0 Å².